The van der Waals surface area contributed by atoms with Gasteiger partial charge in [0.05, 0.1) is 0 Å². The molecule has 0 rings (SSSR count). The van der Waals surface area contributed by atoms with Crippen molar-refractivity contribution in [1.29, 1.82) is 0 Å². The van der Waals surface area contributed by atoms with E-state index in [2.05, 4.69) is 0 Å². The summed E-state index contributed by atoms with van der Waals surface area (Å²) >= 11 is 0. The molecule has 0 aromatic carbocycles. The number of rotatable bonds is 2. The van der Waals surface area contributed by atoms with Gasteiger partial charge in [-0.1, -0.05) is 32.9 Å². The first kappa shape index (κ1) is 10.2. The maximum absolute atomic E-state index is 10.2. The summed E-state index contributed by atoms with van der Waals surface area (Å²) in [5.41, 5.74) is 5.23. The van der Waals surface area contributed by atoms with E-state index in [1.165, 1.54) is 6.08 Å². The van der Waals surface area contributed by atoms with Crippen molar-refractivity contribution in [3.05, 3.63) is 12.2 Å². The van der Waals surface area contributed by atoms with Crippen molar-refractivity contribution < 1.29 is 9.90 Å². The number of hydrogen-bond acceptors (Lipinski definition) is 2. The van der Waals surface area contributed by atoms with Crippen molar-refractivity contribution in [3.8, 4) is 0 Å². The van der Waals surface area contributed by atoms with Gasteiger partial charge in [0.25, 0.3) is 0 Å². The second kappa shape index (κ2) is 3.53. The van der Waals surface area contributed by atoms with E-state index in [1.807, 2.05) is 20.8 Å². The zero-order valence-electron chi connectivity index (χ0n) is 7.16. The number of carboxylic acids is 1. The zero-order valence-corrected chi connectivity index (χ0v) is 7.16. The van der Waals surface area contributed by atoms with Crippen LogP contribution in [-0.4, -0.2) is 17.1 Å². The van der Waals surface area contributed by atoms with Crippen LogP contribution in [0.1, 0.15) is 20.8 Å². The van der Waals surface area contributed by atoms with Gasteiger partial charge in [-0.15, -0.1) is 0 Å². The minimum atomic E-state index is -0.995. The summed E-state index contributed by atoms with van der Waals surface area (Å²) in [5, 5.41) is 8.40. The quantitative estimate of drug-likeness (QED) is 0.588. The summed E-state index contributed by atoms with van der Waals surface area (Å²) < 4.78 is 0. The van der Waals surface area contributed by atoms with Crippen LogP contribution < -0.4 is 5.73 Å². The van der Waals surface area contributed by atoms with Gasteiger partial charge in [0.1, 0.15) is 6.04 Å². The molecule has 0 aromatic rings. The molecule has 0 aliphatic carbocycles. The Labute approximate surface area is 66.9 Å². The molecule has 0 aliphatic rings. The van der Waals surface area contributed by atoms with Gasteiger partial charge in [-0.25, -0.2) is 0 Å². The summed E-state index contributed by atoms with van der Waals surface area (Å²) in [6, 6.07) is -0.880. The molecule has 64 valence electrons. The minimum absolute atomic E-state index is 0.00688. The van der Waals surface area contributed by atoms with Crippen molar-refractivity contribution in [2.24, 2.45) is 11.1 Å². The Balaban J connectivity index is 4.04. The highest BCUT2D eigenvalue weighted by molar-refractivity contribution is 5.75. The Morgan fingerprint density at radius 3 is 2.27 bits per heavy atom. The normalized spacial score (nSPS) is 15.3. The van der Waals surface area contributed by atoms with Gasteiger partial charge < -0.3 is 10.8 Å². The summed E-state index contributed by atoms with van der Waals surface area (Å²) in [7, 11) is 0. The van der Waals surface area contributed by atoms with E-state index < -0.39 is 12.0 Å². The highest BCUT2D eigenvalue weighted by atomic mass is 16.4. The molecule has 0 heterocycles. The molecule has 0 amide bonds. The first-order valence-corrected chi connectivity index (χ1v) is 3.51. The Kier molecular flexibility index (Phi) is 3.26. The maximum Gasteiger partial charge on any atom is 0.324 e. The Bertz CT molecular complexity index is 167. The van der Waals surface area contributed by atoms with Gasteiger partial charge >= 0.3 is 5.97 Å². The molecule has 11 heavy (non-hydrogen) atoms. The number of allylic oxidation sites excluding steroid dienone is 1. The first-order chi connectivity index (χ1) is 4.83. The van der Waals surface area contributed by atoms with Crippen molar-refractivity contribution in [2.75, 3.05) is 0 Å². The molecule has 0 aliphatic heterocycles. The molecule has 3 nitrogen and oxygen atoms in total. The monoisotopic (exact) mass is 157 g/mol. The number of hydrogen-bond donors (Lipinski definition) is 2. The second-order valence-corrected chi connectivity index (χ2v) is 3.59. The van der Waals surface area contributed by atoms with Gasteiger partial charge in [0.2, 0.25) is 0 Å². The lowest BCUT2D eigenvalue weighted by atomic mass is 9.95. The Hall–Kier alpha value is -0.830. The van der Waals surface area contributed by atoms with Crippen LogP contribution in [0.5, 0.6) is 0 Å². The van der Waals surface area contributed by atoms with Gasteiger partial charge in [-0.05, 0) is 5.41 Å². The molecule has 1 atom stereocenters. The van der Waals surface area contributed by atoms with Crippen LogP contribution in [0.15, 0.2) is 12.2 Å². The van der Waals surface area contributed by atoms with Crippen LogP contribution in [0.25, 0.3) is 0 Å². The van der Waals surface area contributed by atoms with Gasteiger partial charge in [-0.3, -0.25) is 4.79 Å². The molecule has 0 radical (unpaired) electrons. The van der Waals surface area contributed by atoms with Crippen LogP contribution in [0.3, 0.4) is 0 Å². The molecule has 0 fully saturated rings. The lowest BCUT2D eigenvalue weighted by Crippen LogP contribution is -2.27. The fourth-order valence-corrected chi connectivity index (χ4v) is 0.475. The van der Waals surface area contributed by atoms with E-state index in [9.17, 15) is 4.79 Å². The number of carboxylic acid groups (broad SMARTS) is 1. The predicted octanol–water partition coefficient (Wildman–Crippen LogP) is 1.00. The van der Waals surface area contributed by atoms with Crippen LogP contribution in [0.4, 0.5) is 0 Å². The zero-order chi connectivity index (χ0) is 9.07. The van der Waals surface area contributed by atoms with Gasteiger partial charge in [0.15, 0.2) is 0 Å². The van der Waals surface area contributed by atoms with Crippen molar-refractivity contribution in [1.82, 2.24) is 0 Å². The predicted molar refractivity (Wildman–Crippen MR) is 44.2 cm³/mol. The fourth-order valence-electron chi connectivity index (χ4n) is 0.475. The van der Waals surface area contributed by atoms with Gasteiger partial charge in [-0.2, -0.15) is 0 Å². The smallest absolute Gasteiger partial charge is 0.324 e. The van der Waals surface area contributed by atoms with E-state index in [4.69, 9.17) is 10.8 Å². The van der Waals surface area contributed by atoms with E-state index >= 15 is 0 Å². The van der Waals surface area contributed by atoms with Crippen molar-refractivity contribution in [2.45, 2.75) is 26.8 Å². The van der Waals surface area contributed by atoms with Crippen LogP contribution in [-0.2, 0) is 4.79 Å². The second-order valence-electron chi connectivity index (χ2n) is 3.59. The highest BCUT2D eigenvalue weighted by Crippen LogP contribution is 2.14. The summed E-state index contributed by atoms with van der Waals surface area (Å²) in [4.78, 5) is 10.2. The molecule has 0 spiro atoms. The van der Waals surface area contributed by atoms with Crippen LogP contribution in [0.2, 0.25) is 0 Å². The Morgan fingerprint density at radius 2 is 2.00 bits per heavy atom. The maximum atomic E-state index is 10.2. The Morgan fingerprint density at radius 1 is 1.55 bits per heavy atom. The largest absolute Gasteiger partial charge is 0.480 e. The average molecular weight is 157 g/mol. The lowest BCUT2D eigenvalue weighted by molar-refractivity contribution is -0.137. The topological polar surface area (TPSA) is 63.3 Å². The molecule has 0 saturated heterocycles. The fraction of sp³-hybridized carbons (Fsp3) is 0.625. The van der Waals surface area contributed by atoms with E-state index in [-0.39, 0.29) is 5.41 Å². The summed E-state index contributed by atoms with van der Waals surface area (Å²) in [6.07, 6.45) is 3.30. The molecule has 1 unspecified atom stereocenters. The molecule has 3 heteroatoms. The molecule has 0 saturated carbocycles. The van der Waals surface area contributed by atoms with Crippen molar-refractivity contribution in [3.63, 3.8) is 0 Å². The number of aliphatic carboxylic acids is 1. The van der Waals surface area contributed by atoms with E-state index in [0.29, 0.717) is 0 Å². The molecule has 0 aromatic heterocycles. The third-order valence-corrected chi connectivity index (χ3v) is 1.09. The number of carbonyl (C=O) groups is 1. The molecular weight excluding hydrogens is 142 g/mol. The van der Waals surface area contributed by atoms with Gasteiger partial charge in [0, 0.05) is 0 Å². The molecule has 3 N–H and O–H groups in total. The first-order valence-electron chi connectivity index (χ1n) is 3.51. The van der Waals surface area contributed by atoms with Crippen LogP contribution in [0, 0.1) is 5.41 Å². The number of nitrogens with two attached hydrogens (primary N) is 1. The third-order valence-electron chi connectivity index (χ3n) is 1.09. The minimum Gasteiger partial charge on any atom is -0.480 e. The third kappa shape index (κ3) is 5.61. The summed E-state index contributed by atoms with van der Waals surface area (Å²) in [5.74, 6) is -0.995. The van der Waals surface area contributed by atoms with E-state index in [1.54, 1.807) is 6.08 Å². The average Bonchev–Trinajstić information content (AvgIpc) is 1.80. The SMILES string of the molecule is CC(C)(C)C=CC(N)C(=O)O. The lowest BCUT2D eigenvalue weighted by Gasteiger charge is -2.11. The summed E-state index contributed by atoms with van der Waals surface area (Å²) in [6.45, 7) is 5.95. The van der Waals surface area contributed by atoms with Crippen LogP contribution >= 0.6 is 0 Å². The standard InChI is InChI=1S/C8H15NO2/c1-8(2,3)5-4-6(9)7(10)11/h4-6H,9H2,1-3H3,(H,10,11). The van der Waals surface area contributed by atoms with Crippen molar-refractivity contribution >= 4 is 5.97 Å². The highest BCUT2D eigenvalue weighted by Gasteiger charge is 2.09. The van der Waals surface area contributed by atoms with E-state index in [0.717, 1.165) is 0 Å². The molecular formula is C8H15NO2. The molecule has 0 bridgehead atoms.